The Morgan fingerprint density at radius 3 is 2.82 bits per heavy atom. The van der Waals surface area contributed by atoms with Gasteiger partial charge in [0, 0.05) is 55.6 Å². The fourth-order valence-electron chi connectivity index (χ4n) is 3.97. The van der Waals surface area contributed by atoms with Gasteiger partial charge in [-0.25, -0.2) is 9.97 Å². The largest absolute Gasteiger partial charge is 0.396 e. The van der Waals surface area contributed by atoms with Crippen molar-refractivity contribution in [3.05, 3.63) is 58.6 Å². The smallest absolute Gasteiger partial charge is 0.130 e. The Labute approximate surface area is 170 Å². The van der Waals surface area contributed by atoms with Gasteiger partial charge in [0.05, 0.1) is 12.7 Å². The zero-order valence-electron chi connectivity index (χ0n) is 16.1. The number of aromatic nitrogens is 2. The lowest BCUT2D eigenvalue weighted by atomic mass is 9.88. The minimum atomic E-state index is -0.534. The van der Waals surface area contributed by atoms with Crippen molar-refractivity contribution in [1.29, 1.82) is 0 Å². The normalized spacial score (nSPS) is 24.6. The van der Waals surface area contributed by atoms with Gasteiger partial charge in [-0.3, -0.25) is 0 Å². The van der Waals surface area contributed by atoms with Crippen LogP contribution in [-0.2, 0) is 24.1 Å². The van der Waals surface area contributed by atoms with Crippen LogP contribution in [0.4, 0.5) is 0 Å². The Morgan fingerprint density at radius 2 is 2.07 bits per heavy atom. The maximum atomic E-state index is 10.5. The van der Waals surface area contributed by atoms with Gasteiger partial charge < -0.3 is 20.3 Å². The van der Waals surface area contributed by atoms with E-state index >= 15 is 0 Å². The van der Waals surface area contributed by atoms with Crippen molar-refractivity contribution < 1.29 is 14.9 Å². The molecule has 152 valence electrons. The first kappa shape index (κ1) is 21.1. The van der Waals surface area contributed by atoms with Crippen molar-refractivity contribution in [2.45, 2.75) is 38.0 Å². The summed E-state index contributed by atoms with van der Waals surface area (Å²) >= 11 is 6.26. The summed E-state index contributed by atoms with van der Waals surface area (Å²) in [7, 11) is 1.66. The molecule has 1 aliphatic carbocycles. The molecule has 2 aromatic rings. The number of hydrogen-bond donors (Lipinski definition) is 3. The number of benzene rings is 1. The number of hydrogen-bond acceptors (Lipinski definition) is 6. The minimum Gasteiger partial charge on any atom is -0.396 e. The molecule has 1 fully saturated rings. The third kappa shape index (κ3) is 5.27. The lowest BCUT2D eigenvalue weighted by Crippen LogP contribution is -2.36. The topological polar surface area (TPSA) is 87.5 Å². The van der Waals surface area contributed by atoms with Crippen LogP contribution >= 0.6 is 11.6 Å². The van der Waals surface area contributed by atoms with Crippen LogP contribution in [0.2, 0.25) is 5.02 Å². The number of nitrogens with one attached hydrogen (secondary N) is 1. The highest BCUT2D eigenvalue weighted by molar-refractivity contribution is 6.31. The van der Waals surface area contributed by atoms with E-state index < -0.39 is 6.10 Å². The summed E-state index contributed by atoms with van der Waals surface area (Å²) in [6.45, 7) is 1.15. The van der Waals surface area contributed by atoms with E-state index in [0.29, 0.717) is 32.4 Å². The maximum Gasteiger partial charge on any atom is 0.130 e. The first-order chi connectivity index (χ1) is 13.6. The van der Waals surface area contributed by atoms with Gasteiger partial charge in [0.2, 0.25) is 0 Å². The molecule has 1 aliphatic rings. The molecule has 1 aromatic heterocycles. The molecule has 4 atom stereocenters. The second-order valence-corrected chi connectivity index (χ2v) is 7.71. The number of rotatable bonds is 9. The van der Waals surface area contributed by atoms with Crippen molar-refractivity contribution in [3.8, 4) is 0 Å². The highest BCUT2D eigenvalue weighted by atomic mass is 35.5. The first-order valence-electron chi connectivity index (χ1n) is 9.67. The molecular formula is C21H28ClN3O3. The van der Waals surface area contributed by atoms with Gasteiger partial charge in [0.25, 0.3) is 0 Å². The molecule has 7 heteroatoms. The predicted octanol–water partition coefficient (Wildman–Crippen LogP) is 2.01. The Balaban J connectivity index is 1.70. The zero-order chi connectivity index (χ0) is 19.9. The highest BCUT2D eigenvalue weighted by Gasteiger charge is 2.42. The summed E-state index contributed by atoms with van der Waals surface area (Å²) in [4.78, 5) is 8.92. The summed E-state index contributed by atoms with van der Waals surface area (Å²) in [5.41, 5.74) is 1.94. The number of aliphatic hydroxyl groups excluding tert-OH is 2. The standard InChI is InChI=1S/C21H28ClN3O3/c1-28-9-7-21-23-8-6-15(25-21)10-16-17(13-26)20(27)11-19(16)24-12-14-4-2-3-5-18(14)22/h2-6,8,16-17,19-20,24,26-27H,7,9-13H2,1H3. The second kappa shape index (κ2) is 10.3. The van der Waals surface area contributed by atoms with Gasteiger partial charge in [-0.05, 0) is 36.5 Å². The summed E-state index contributed by atoms with van der Waals surface area (Å²) < 4.78 is 5.10. The van der Waals surface area contributed by atoms with Crippen LogP contribution in [0.25, 0.3) is 0 Å². The molecule has 0 amide bonds. The maximum absolute atomic E-state index is 10.5. The molecule has 28 heavy (non-hydrogen) atoms. The molecule has 1 heterocycles. The van der Waals surface area contributed by atoms with Crippen LogP contribution in [0.3, 0.4) is 0 Å². The lowest BCUT2D eigenvalue weighted by Gasteiger charge is -2.25. The van der Waals surface area contributed by atoms with Crippen molar-refractivity contribution in [2.24, 2.45) is 11.8 Å². The average Bonchev–Trinajstić information content (AvgIpc) is 3.00. The van der Waals surface area contributed by atoms with Gasteiger partial charge in [-0.1, -0.05) is 29.8 Å². The zero-order valence-corrected chi connectivity index (χ0v) is 16.8. The van der Waals surface area contributed by atoms with Crippen molar-refractivity contribution >= 4 is 11.6 Å². The highest BCUT2D eigenvalue weighted by Crippen LogP contribution is 2.35. The van der Waals surface area contributed by atoms with Crippen molar-refractivity contribution in [3.63, 3.8) is 0 Å². The van der Waals surface area contributed by atoms with Crippen molar-refractivity contribution in [2.75, 3.05) is 20.3 Å². The molecule has 3 rings (SSSR count). The average molecular weight is 406 g/mol. The van der Waals surface area contributed by atoms with Gasteiger partial charge in [0.15, 0.2) is 0 Å². The Kier molecular flexibility index (Phi) is 7.76. The number of ether oxygens (including phenoxy) is 1. The predicted molar refractivity (Wildman–Crippen MR) is 108 cm³/mol. The van der Waals surface area contributed by atoms with Crippen LogP contribution < -0.4 is 5.32 Å². The molecule has 1 saturated carbocycles. The molecule has 3 N–H and O–H groups in total. The lowest BCUT2D eigenvalue weighted by molar-refractivity contribution is 0.0716. The summed E-state index contributed by atoms with van der Waals surface area (Å²) in [5, 5.41) is 24.6. The fourth-order valence-corrected chi connectivity index (χ4v) is 4.17. The van der Waals surface area contributed by atoms with E-state index in [1.807, 2.05) is 30.3 Å². The van der Waals surface area contributed by atoms with E-state index in [4.69, 9.17) is 16.3 Å². The monoisotopic (exact) mass is 405 g/mol. The van der Waals surface area contributed by atoms with Gasteiger partial charge in [-0.2, -0.15) is 0 Å². The Morgan fingerprint density at radius 1 is 1.25 bits per heavy atom. The van der Waals surface area contributed by atoms with E-state index in [2.05, 4.69) is 15.3 Å². The minimum absolute atomic E-state index is 0.0439. The van der Waals surface area contributed by atoms with Crippen LogP contribution in [0, 0.1) is 11.8 Å². The van der Waals surface area contributed by atoms with E-state index in [-0.39, 0.29) is 24.5 Å². The quantitative estimate of drug-likeness (QED) is 0.591. The van der Waals surface area contributed by atoms with Crippen molar-refractivity contribution in [1.82, 2.24) is 15.3 Å². The fraction of sp³-hybridized carbons (Fsp3) is 0.524. The second-order valence-electron chi connectivity index (χ2n) is 7.30. The Bertz CT molecular complexity index is 761. The molecule has 4 unspecified atom stereocenters. The third-order valence-corrected chi connectivity index (χ3v) is 5.89. The molecule has 1 aromatic carbocycles. The van der Waals surface area contributed by atoms with E-state index in [1.54, 1.807) is 13.3 Å². The van der Waals surface area contributed by atoms with Gasteiger partial charge in [-0.15, -0.1) is 0 Å². The number of nitrogens with zero attached hydrogens (tertiary/aromatic N) is 2. The molecular weight excluding hydrogens is 378 g/mol. The van der Waals surface area contributed by atoms with Gasteiger partial charge in [0.1, 0.15) is 5.82 Å². The molecule has 0 saturated heterocycles. The number of aliphatic hydroxyl groups is 2. The third-order valence-electron chi connectivity index (χ3n) is 5.52. The molecule has 6 nitrogen and oxygen atoms in total. The van der Waals surface area contributed by atoms with Crippen LogP contribution in [0.1, 0.15) is 23.5 Å². The number of halogens is 1. The van der Waals surface area contributed by atoms with E-state index in [1.165, 1.54) is 0 Å². The van der Waals surface area contributed by atoms with E-state index in [0.717, 1.165) is 22.1 Å². The number of methoxy groups -OCH3 is 1. The SMILES string of the molecule is COCCc1nccc(CC2C(NCc3ccccc3Cl)CC(O)C2CO)n1. The van der Waals surface area contributed by atoms with Crippen LogP contribution in [-0.4, -0.2) is 52.7 Å². The summed E-state index contributed by atoms with van der Waals surface area (Å²) in [6, 6.07) is 9.71. The summed E-state index contributed by atoms with van der Waals surface area (Å²) in [5.74, 6) is 0.646. The molecule has 0 spiro atoms. The van der Waals surface area contributed by atoms with E-state index in [9.17, 15) is 10.2 Å². The van der Waals surface area contributed by atoms with Gasteiger partial charge >= 0.3 is 0 Å². The summed E-state index contributed by atoms with van der Waals surface area (Å²) in [6.07, 6.45) is 3.16. The first-order valence-corrected chi connectivity index (χ1v) is 10.1. The molecule has 0 radical (unpaired) electrons. The van der Waals surface area contributed by atoms with Crippen LogP contribution in [0.15, 0.2) is 36.5 Å². The van der Waals surface area contributed by atoms with Crippen LogP contribution in [0.5, 0.6) is 0 Å². The molecule has 0 bridgehead atoms. The molecule has 0 aliphatic heterocycles. The Hall–Kier alpha value is -1.57.